The standard InChI is InChI=1S/C23H25ClN4O4S/c1-4-28(5-2)33(31,32)18-14-21(27(3)15-18)23(30)26-20-9-7-6-8-19(20)25-22(29)16-10-12-17(24)13-11-16/h6-15H,4-5H2,1-3H3,(H,25,29)(H,26,30). The lowest BCUT2D eigenvalue weighted by Gasteiger charge is -2.17. The molecule has 3 rings (SSSR count). The van der Waals surface area contributed by atoms with Crippen molar-refractivity contribution in [3.05, 3.63) is 77.1 Å². The summed E-state index contributed by atoms with van der Waals surface area (Å²) in [5.41, 5.74) is 1.35. The third kappa shape index (κ3) is 5.44. The number of halogens is 1. The van der Waals surface area contributed by atoms with Crippen molar-refractivity contribution in [3.8, 4) is 0 Å². The Kier molecular flexibility index (Phi) is 7.57. The quantitative estimate of drug-likeness (QED) is 0.496. The van der Waals surface area contributed by atoms with Crippen molar-refractivity contribution in [1.29, 1.82) is 0 Å². The van der Waals surface area contributed by atoms with Gasteiger partial charge in [-0.2, -0.15) is 4.31 Å². The van der Waals surface area contributed by atoms with Crippen LogP contribution in [0, 0.1) is 0 Å². The average molecular weight is 489 g/mol. The lowest BCUT2D eigenvalue weighted by atomic mass is 10.2. The molecule has 0 aliphatic heterocycles. The van der Waals surface area contributed by atoms with E-state index >= 15 is 0 Å². The fourth-order valence-corrected chi connectivity index (χ4v) is 4.95. The predicted octanol–water partition coefficient (Wildman–Crippen LogP) is 4.21. The number of para-hydroxylation sites is 2. The average Bonchev–Trinajstić information content (AvgIpc) is 3.19. The second kappa shape index (κ2) is 10.2. The molecule has 0 aliphatic rings. The molecule has 1 heterocycles. The SMILES string of the molecule is CCN(CC)S(=O)(=O)c1cc(C(=O)Nc2ccccc2NC(=O)c2ccc(Cl)cc2)n(C)c1. The number of sulfonamides is 1. The third-order valence-corrected chi connectivity index (χ3v) is 7.35. The minimum atomic E-state index is -3.70. The predicted molar refractivity (Wildman–Crippen MR) is 129 cm³/mol. The van der Waals surface area contributed by atoms with Gasteiger partial charge in [-0.25, -0.2) is 8.42 Å². The van der Waals surface area contributed by atoms with Crippen molar-refractivity contribution in [2.45, 2.75) is 18.7 Å². The lowest BCUT2D eigenvalue weighted by molar-refractivity contribution is 0.101. The van der Waals surface area contributed by atoms with Gasteiger partial charge < -0.3 is 15.2 Å². The van der Waals surface area contributed by atoms with Crippen LogP contribution < -0.4 is 10.6 Å². The molecule has 3 aromatic rings. The van der Waals surface area contributed by atoms with Gasteiger partial charge in [-0.05, 0) is 42.5 Å². The maximum Gasteiger partial charge on any atom is 0.272 e. The molecule has 2 amide bonds. The molecule has 10 heteroatoms. The fourth-order valence-electron chi connectivity index (χ4n) is 3.30. The third-order valence-electron chi connectivity index (χ3n) is 5.09. The Morgan fingerprint density at radius 1 is 0.939 bits per heavy atom. The van der Waals surface area contributed by atoms with E-state index in [0.717, 1.165) is 0 Å². The highest BCUT2D eigenvalue weighted by Crippen LogP contribution is 2.24. The summed E-state index contributed by atoms with van der Waals surface area (Å²) < 4.78 is 28.4. The summed E-state index contributed by atoms with van der Waals surface area (Å²) >= 11 is 5.87. The van der Waals surface area contributed by atoms with Gasteiger partial charge in [0.1, 0.15) is 10.6 Å². The molecule has 0 radical (unpaired) electrons. The molecule has 0 spiro atoms. The molecule has 174 valence electrons. The van der Waals surface area contributed by atoms with Gasteiger partial charge in [0.2, 0.25) is 10.0 Å². The summed E-state index contributed by atoms with van der Waals surface area (Å²) in [6.45, 7) is 4.17. The number of carbonyl (C=O) groups is 2. The maximum absolute atomic E-state index is 13.0. The molecule has 0 fully saturated rings. The van der Waals surface area contributed by atoms with E-state index in [-0.39, 0.29) is 16.5 Å². The molecule has 0 bridgehead atoms. The van der Waals surface area contributed by atoms with Crippen LogP contribution in [0.25, 0.3) is 0 Å². The first-order valence-electron chi connectivity index (χ1n) is 10.3. The Morgan fingerprint density at radius 2 is 1.48 bits per heavy atom. The van der Waals surface area contributed by atoms with Gasteiger partial charge in [0.05, 0.1) is 11.4 Å². The smallest absolute Gasteiger partial charge is 0.272 e. The van der Waals surface area contributed by atoms with E-state index in [4.69, 9.17) is 11.6 Å². The number of carbonyl (C=O) groups excluding carboxylic acids is 2. The molecule has 0 atom stereocenters. The summed E-state index contributed by atoms with van der Waals surface area (Å²) in [7, 11) is -2.10. The van der Waals surface area contributed by atoms with Crippen molar-refractivity contribution < 1.29 is 18.0 Å². The van der Waals surface area contributed by atoms with Crippen LogP contribution in [0.4, 0.5) is 11.4 Å². The zero-order valence-electron chi connectivity index (χ0n) is 18.5. The second-order valence-corrected chi connectivity index (χ2v) is 9.60. The molecule has 0 saturated heterocycles. The van der Waals surface area contributed by atoms with Crippen LogP contribution >= 0.6 is 11.6 Å². The topological polar surface area (TPSA) is 101 Å². The van der Waals surface area contributed by atoms with E-state index in [0.29, 0.717) is 35.1 Å². The zero-order chi connectivity index (χ0) is 24.2. The number of benzene rings is 2. The summed E-state index contributed by atoms with van der Waals surface area (Å²) in [4.78, 5) is 25.6. The van der Waals surface area contributed by atoms with Gasteiger partial charge in [-0.15, -0.1) is 0 Å². The van der Waals surface area contributed by atoms with Crippen molar-refractivity contribution in [2.24, 2.45) is 7.05 Å². The minimum Gasteiger partial charge on any atom is -0.345 e. The van der Waals surface area contributed by atoms with Crippen LogP contribution in [0.1, 0.15) is 34.7 Å². The first-order chi connectivity index (χ1) is 15.7. The van der Waals surface area contributed by atoms with E-state index in [2.05, 4.69) is 10.6 Å². The number of hydrogen-bond donors (Lipinski definition) is 2. The molecule has 0 unspecified atom stereocenters. The summed E-state index contributed by atoms with van der Waals surface area (Å²) in [6.07, 6.45) is 1.41. The first-order valence-corrected chi connectivity index (χ1v) is 12.1. The summed E-state index contributed by atoms with van der Waals surface area (Å²) in [5, 5.41) is 6.04. The van der Waals surface area contributed by atoms with E-state index in [1.807, 2.05) is 0 Å². The highest BCUT2D eigenvalue weighted by Gasteiger charge is 2.25. The number of nitrogens with zero attached hydrogens (tertiary/aromatic N) is 2. The fraction of sp³-hybridized carbons (Fsp3) is 0.217. The molecular formula is C23H25ClN4O4S. The van der Waals surface area contributed by atoms with E-state index in [9.17, 15) is 18.0 Å². The van der Waals surface area contributed by atoms with E-state index in [1.165, 1.54) is 21.1 Å². The number of aryl methyl sites for hydroxylation is 1. The van der Waals surface area contributed by atoms with Gasteiger partial charge in [-0.3, -0.25) is 9.59 Å². The van der Waals surface area contributed by atoms with Crippen molar-refractivity contribution >= 4 is 44.8 Å². The van der Waals surface area contributed by atoms with Crippen LogP contribution in [-0.2, 0) is 17.1 Å². The number of anilines is 2. The molecule has 1 aromatic heterocycles. The Balaban J connectivity index is 1.82. The van der Waals surface area contributed by atoms with Crippen LogP contribution in [0.3, 0.4) is 0 Å². The Hall–Kier alpha value is -3.14. The number of hydrogen-bond acceptors (Lipinski definition) is 4. The van der Waals surface area contributed by atoms with Crippen molar-refractivity contribution in [2.75, 3.05) is 23.7 Å². The summed E-state index contributed by atoms with van der Waals surface area (Å²) in [6, 6.07) is 14.5. The van der Waals surface area contributed by atoms with Gasteiger partial charge >= 0.3 is 0 Å². The molecule has 33 heavy (non-hydrogen) atoms. The lowest BCUT2D eigenvalue weighted by Crippen LogP contribution is -2.30. The van der Waals surface area contributed by atoms with Gasteiger partial charge in [0.25, 0.3) is 11.8 Å². The van der Waals surface area contributed by atoms with Crippen LogP contribution in [0.2, 0.25) is 5.02 Å². The molecule has 0 aliphatic carbocycles. The normalized spacial score (nSPS) is 11.4. The number of amides is 2. The van der Waals surface area contributed by atoms with Gasteiger partial charge in [0, 0.05) is 36.9 Å². The first kappa shape index (κ1) is 24.5. The monoisotopic (exact) mass is 488 g/mol. The van der Waals surface area contributed by atoms with E-state index in [1.54, 1.807) is 69.4 Å². The molecule has 2 N–H and O–H groups in total. The van der Waals surface area contributed by atoms with Crippen molar-refractivity contribution in [3.63, 3.8) is 0 Å². The Labute approximate surface area is 198 Å². The van der Waals surface area contributed by atoms with Crippen LogP contribution in [-0.4, -0.2) is 42.2 Å². The Bertz CT molecular complexity index is 1270. The largest absolute Gasteiger partial charge is 0.345 e. The molecule has 2 aromatic carbocycles. The number of rotatable bonds is 8. The number of nitrogens with one attached hydrogen (secondary N) is 2. The molecule has 0 saturated carbocycles. The minimum absolute atomic E-state index is 0.0446. The van der Waals surface area contributed by atoms with Crippen LogP contribution in [0.5, 0.6) is 0 Å². The maximum atomic E-state index is 13.0. The number of aromatic nitrogens is 1. The molecular weight excluding hydrogens is 464 g/mol. The highest BCUT2D eigenvalue weighted by atomic mass is 35.5. The van der Waals surface area contributed by atoms with E-state index < -0.39 is 15.9 Å². The molecule has 8 nitrogen and oxygen atoms in total. The Morgan fingerprint density at radius 3 is 2.03 bits per heavy atom. The van der Waals surface area contributed by atoms with Gasteiger partial charge in [-0.1, -0.05) is 37.6 Å². The highest BCUT2D eigenvalue weighted by molar-refractivity contribution is 7.89. The second-order valence-electron chi connectivity index (χ2n) is 7.22. The van der Waals surface area contributed by atoms with Crippen LogP contribution in [0.15, 0.2) is 65.7 Å². The van der Waals surface area contributed by atoms with Crippen molar-refractivity contribution in [1.82, 2.24) is 8.87 Å². The summed E-state index contributed by atoms with van der Waals surface area (Å²) in [5.74, 6) is -0.869. The zero-order valence-corrected chi connectivity index (χ0v) is 20.1. The van der Waals surface area contributed by atoms with Gasteiger partial charge in [0.15, 0.2) is 0 Å².